The number of alkyl halides is 6. The number of carbonyl (C=O) groups excluding carboxylic acids is 3. The average Bonchev–Trinajstić information content (AvgIpc) is 3.20. The Morgan fingerprint density at radius 3 is 2.37 bits per heavy atom. The summed E-state index contributed by atoms with van der Waals surface area (Å²) >= 11 is 0. The monoisotopic (exact) mass is 444 g/mol. The van der Waals surface area contributed by atoms with Crippen LogP contribution in [0.5, 0.6) is 0 Å². The van der Waals surface area contributed by atoms with Crippen LogP contribution in [0, 0.1) is 17.3 Å². The zero-order valence-corrected chi connectivity index (χ0v) is 15.6. The van der Waals surface area contributed by atoms with Crippen molar-refractivity contribution < 1.29 is 54.9 Å². The standard InChI is InChI=1S/C18H18F6O6/c1-3-4-7(2)12(25)28-10-8-5-9-11(10)29-14(26)16(9,6-8)15(27)30-13(17(19,20)21)18(22,23)24/h8-11,13H,2-6H2,1H3. The molecule has 3 rings (SSSR count). The van der Waals surface area contributed by atoms with Gasteiger partial charge in [-0.25, -0.2) is 4.79 Å². The summed E-state index contributed by atoms with van der Waals surface area (Å²) in [4.78, 5) is 36.9. The molecule has 12 heteroatoms. The van der Waals surface area contributed by atoms with E-state index in [1.807, 2.05) is 6.92 Å². The van der Waals surface area contributed by atoms with Gasteiger partial charge in [-0.3, -0.25) is 9.59 Å². The minimum Gasteiger partial charge on any atom is -0.457 e. The van der Waals surface area contributed by atoms with Crippen LogP contribution in [0.3, 0.4) is 0 Å². The fraction of sp³-hybridized carbons (Fsp3) is 0.722. The molecule has 3 fully saturated rings. The normalized spacial score (nSPS) is 32.3. The van der Waals surface area contributed by atoms with Crippen molar-refractivity contribution in [1.29, 1.82) is 0 Å². The van der Waals surface area contributed by atoms with Crippen molar-refractivity contribution in [3.63, 3.8) is 0 Å². The van der Waals surface area contributed by atoms with Gasteiger partial charge in [-0.1, -0.05) is 19.9 Å². The number of halogens is 6. The fourth-order valence-corrected chi connectivity index (χ4v) is 4.57. The van der Waals surface area contributed by atoms with Gasteiger partial charge in [0.05, 0.1) is 0 Å². The minimum absolute atomic E-state index is 0.0619. The van der Waals surface area contributed by atoms with Gasteiger partial charge in [-0.05, 0) is 19.3 Å². The summed E-state index contributed by atoms with van der Waals surface area (Å²) in [6, 6.07) is 0. The lowest BCUT2D eigenvalue weighted by Gasteiger charge is -2.32. The van der Waals surface area contributed by atoms with Gasteiger partial charge in [0.1, 0.15) is 12.2 Å². The molecule has 0 aromatic carbocycles. The lowest BCUT2D eigenvalue weighted by Crippen LogP contribution is -2.51. The van der Waals surface area contributed by atoms with Crippen molar-refractivity contribution in [2.45, 2.75) is 63.3 Å². The third kappa shape index (κ3) is 3.43. The van der Waals surface area contributed by atoms with Crippen molar-refractivity contribution in [3.05, 3.63) is 12.2 Å². The first-order valence-corrected chi connectivity index (χ1v) is 9.17. The second-order valence-electron chi connectivity index (χ2n) is 7.74. The summed E-state index contributed by atoms with van der Waals surface area (Å²) in [6.45, 7) is 5.39. The van der Waals surface area contributed by atoms with Crippen LogP contribution >= 0.6 is 0 Å². The number of ether oxygens (including phenoxy) is 3. The van der Waals surface area contributed by atoms with Gasteiger partial charge in [0.25, 0.3) is 6.10 Å². The molecule has 0 aromatic heterocycles. The topological polar surface area (TPSA) is 78.9 Å². The SMILES string of the molecule is C=C(CCC)C(=O)OC1C2CC3C1OC(=O)C3(C(=O)OC(C(F)(F)F)C(F)(F)F)C2. The Morgan fingerprint density at radius 2 is 1.83 bits per heavy atom. The van der Waals surface area contributed by atoms with E-state index >= 15 is 0 Å². The van der Waals surface area contributed by atoms with E-state index in [2.05, 4.69) is 11.3 Å². The van der Waals surface area contributed by atoms with Crippen molar-refractivity contribution in [2.75, 3.05) is 0 Å². The van der Waals surface area contributed by atoms with Crippen LogP contribution in [0.1, 0.15) is 32.6 Å². The molecule has 5 unspecified atom stereocenters. The number of esters is 3. The molecule has 0 N–H and O–H groups in total. The molecule has 0 radical (unpaired) electrons. The second-order valence-corrected chi connectivity index (χ2v) is 7.74. The van der Waals surface area contributed by atoms with E-state index in [9.17, 15) is 40.7 Å². The van der Waals surface area contributed by atoms with Crippen LogP contribution < -0.4 is 0 Å². The molecule has 3 aliphatic rings. The maximum absolute atomic E-state index is 12.8. The lowest BCUT2D eigenvalue weighted by atomic mass is 9.73. The first-order valence-electron chi connectivity index (χ1n) is 9.17. The van der Waals surface area contributed by atoms with Crippen LogP contribution in [0.4, 0.5) is 26.3 Å². The number of carbonyl (C=O) groups is 3. The van der Waals surface area contributed by atoms with E-state index in [1.165, 1.54) is 0 Å². The predicted octanol–water partition coefficient (Wildman–Crippen LogP) is 3.24. The van der Waals surface area contributed by atoms with Gasteiger partial charge in [-0.2, -0.15) is 26.3 Å². The molecule has 5 atom stereocenters. The smallest absolute Gasteiger partial charge is 0.434 e. The Kier molecular flexibility index (Phi) is 5.35. The average molecular weight is 444 g/mol. The van der Waals surface area contributed by atoms with E-state index in [0.717, 1.165) is 0 Å². The van der Waals surface area contributed by atoms with Gasteiger partial charge in [0, 0.05) is 17.4 Å². The van der Waals surface area contributed by atoms with Gasteiger partial charge in [0.2, 0.25) is 0 Å². The van der Waals surface area contributed by atoms with E-state index in [-0.39, 0.29) is 12.0 Å². The molecule has 0 amide bonds. The molecular formula is C18H18F6O6. The summed E-state index contributed by atoms with van der Waals surface area (Å²) in [5, 5.41) is 0. The molecule has 1 heterocycles. The molecule has 2 saturated carbocycles. The lowest BCUT2D eigenvalue weighted by molar-refractivity contribution is -0.315. The van der Waals surface area contributed by atoms with Crippen LogP contribution in [0.15, 0.2) is 12.2 Å². The summed E-state index contributed by atoms with van der Waals surface area (Å²) in [7, 11) is 0. The summed E-state index contributed by atoms with van der Waals surface area (Å²) < 4.78 is 90.7. The van der Waals surface area contributed by atoms with Crippen molar-refractivity contribution >= 4 is 17.9 Å². The second kappa shape index (κ2) is 7.16. The van der Waals surface area contributed by atoms with Crippen LogP contribution in [-0.4, -0.2) is 48.6 Å². The summed E-state index contributed by atoms with van der Waals surface area (Å²) in [5.41, 5.74) is -2.10. The van der Waals surface area contributed by atoms with Gasteiger partial charge in [0.15, 0.2) is 5.41 Å². The highest BCUT2D eigenvalue weighted by Gasteiger charge is 2.76. The minimum atomic E-state index is -5.90. The first kappa shape index (κ1) is 22.4. The van der Waals surface area contributed by atoms with Crippen molar-refractivity contribution in [1.82, 2.24) is 0 Å². The summed E-state index contributed by atoms with van der Waals surface area (Å²) in [5.74, 6) is -5.62. The number of rotatable bonds is 6. The molecule has 6 nitrogen and oxygen atoms in total. The van der Waals surface area contributed by atoms with Crippen molar-refractivity contribution in [3.8, 4) is 0 Å². The Labute approximate surface area is 166 Å². The van der Waals surface area contributed by atoms with Gasteiger partial charge < -0.3 is 14.2 Å². The third-order valence-corrected chi connectivity index (χ3v) is 5.83. The molecule has 168 valence electrons. The van der Waals surface area contributed by atoms with Gasteiger partial charge >= 0.3 is 30.3 Å². The van der Waals surface area contributed by atoms with E-state index in [4.69, 9.17) is 9.47 Å². The van der Waals surface area contributed by atoms with E-state index in [0.29, 0.717) is 12.8 Å². The third-order valence-electron chi connectivity index (χ3n) is 5.83. The molecule has 1 saturated heterocycles. The van der Waals surface area contributed by atoms with Gasteiger partial charge in [-0.15, -0.1) is 0 Å². The predicted molar refractivity (Wildman–Crippen MR) is 84.4 cm³/mol. The van der Waals surface area contributed by atoms with Crippen LogP contribution in [-0.2, 0) is 28.6 Å². The van der Waals surface area contributed by atoms with E-state index < -0.39 is 72.2 Å². The zero-order valence-electron chi connectivity index (χ0n) is 15.6. The first-order chi connectivity index (χ1) is 13.7. The van der Waals surface area contributed by atoms with Crippen LogP contribution in [0.2, 0.25) is 0 Å². The largest absolute Gasteiger partial charge is 0.457 e. The maximum atomic E-state index is 12.8. The number of fused-ring (bicyclic) bond motifs is 1. The van der Waals surface area contributed by atoms with Crippen LogP contribution in [0.25, 0.3) is 0 Å². The van der Waals surface area contributed by atoms with Crippen molar-refractivity contribution in [2.24, 2.45) is 17.3 Å². The maximum Gasteiger partial charge on any atom is 0.434 e. The Morgan fingerprint density at radius 1 is 1.23 bits per heavy atom. The number of hydrogen-bond donors (Lipinski definition) is 0. The molecule has 0 spiro atoms. The Bertz CT molecular complexity index is 760. The summed E-state index contributed by atoms with van der Waals surface area (Å²) in [6.07, 6.45) is -17.6. The highest BCUT2D eigenvalue weighted by Crippen LogP contribution is 2.63. The Hall–Kier alpha value is -2.27. The highest BCUT2D eigenvalue weighted by atomic mass is 19.4. The number of hydrogen-bond acceptors (Lipinski definition) is 6. The molecule has 30 heavy (non-hydrogen) atoms. The molecule has 2 aliphatic carbocycles. The zero-order chi connectivity index (χ0) is 22.6. The molecule has 1 aliphatic heterocycles. The Balaban J connectivity index is 1.79. The highest BCUT2D eigenvalue weighted by molar-refractivity contribution is 6.03. The molecular weight excluding hydrogens is 426 g/mol. The van der Waals surface area contributed by atoms with E-state index in [1.54, 1.807) is 0 Å². The fourth-order valence-electron chi connectivity index (χ4n) is 4.57. The molecule has 2 bridgehead atoms. The quantitative estimate of drug-likeness (QED) is 0.206. The molecule has 0 aromatic rings.